The Morgan fingerprint density at radius 3 is 2.45 bits per heavy atom. The molecule has 1 heterocycles. The standard InChI is InChI=1S/C22H25ClF2N2O4S2/c1-14(2)27-13-15-12-22(10-9-21(15)26-33(27,30)31,19-11-17(24)5-8-20(19)25)32(28,29)18-6-3-16(23)4-7-18/h3-8,11,14-15,21,26H,9-10,12-13H2,1-2H3/t15-,21-,22+/m0/s1. The summed E-state index contributed by atoms with van der Waals surface area (Å²) in [4.78, 5) is -0.0499. The third-order valence-electron chi connectivity index (χ3n) is 6.68. The largest absolute Gasteiger partial charge is 0.279 e. The Morgan fingerprint density at radius 2 is 1.82 bits per heavy atom. The van der Waals surface area contributed by atoms with E-state index in [2.05, 4.69) is 4.72 Å². The van der Waals surface area contributed by atoms with Crippen molar-refractivity contribution in [3.8, 4) is 0 Å². The summed E-state index contributed by atoms with van der Waals surface area (Å²) in [5, 5.41) is 0.345. The highest BCUT2D eigenvalue weighted by molar-refractivity contribution is 7.92. The predicted molar refractivity (Wildman–Crippen MR) is 122 cm³/mol. The first kappa shape index (κ1) is 24.5. The number of fused-ring (bicyclic) bond motifs is 1. The molecule has 11 heteroatoms. The Balaban J connectivity index is 1.87. The van der Waals surface area contributed by atoms with Gasteiger partial charge in [-0.25, -0.2) is 17.2 Å². The topological polar surface area (TPSA) is 83.6 Å². The first-order valence-corrected chi connectivity index (χ1v) is 13.9. The molecule has 2 aromatic carbocycles. The number of halogens is 3. The number of sulfone groups is 1. The van der Waals surface area contributed by atoms with E-state index in [0.717, 1.165) is 18.2 Å². The third-order valence-corrected chi connectivity index (χ3v) is 11.2. The van der Waals surface area contributed by atoms with Crippen molar-refractivity contribution in [1.29, 1.82) is 0 Å². The fourth-order valence-corrected chi connectivity index (χ4v) is 9.14. The van der Waals surface area contributed by atoms with Gasteiger partial charge in [-0.05, 0) is 81.5 Å². The number of rotatable bonds is 4. The van der Waals surface area contributed by atoms with Gasteiger partial charge in [-0.2, -0.15) is 17.4 Å². The summed E-state index contributed by atoms with van der Waals surface area (Å²) in [6.07, 6.45) is 0.0387. The molecule has 1 saturated heterocycles. The number of nitrogens with zero attached hydrogens (tertiary/aromatic N) is 1. The highest BCUT2D eigenvalue weighted by atomic mass is 35.5. The van der Waals surface area contributed by atoms with E-state index >= 15 is 4.39 Å². The third kappa shape index (κ3) is 4.20. The van der Waals surface area contributed by atoms with Gasteiger partial charge in [0.15, 0.2) is 9.84 Å². The van der Waals surface area contributed by atoms with Gasteiger partial charge in [0.1, 0.15) is 16.4 Å². The van der Waals surface area contributed by atoms with Crippen LogP contribution in [-0.2, 0) is 24.8 Å². The summed E-state index contributed by atoms with van der Waals surface area (Å²) in [5.41, 5.74) is -0.236. The fourth-order valence-electron chi connectivity index (χ4n) is 5.04. The molecule has 0 bridgehead atoms. The van der Waals surface area contributed by atoms with Gasteiger partial charge < -0.3 is 0 Å². The molecule has 0 radical (unpaired) electrons. The first-order chi connectivity index (χ1) is 15.4. The van der Waals surface area contributed by atoms with Crippen molar-refractivity contribution in [3.05, 3.63) is 64.7 Å². The van der Waals surface area contributed by atoms with E-state index in [1.807, 2.05) is 0 Å². The molecule has 1 aliphatic heterocycles. The molecule has 0 aromatic heterocycles. The lowest BCUT2D eigenvalue weighted by Gasteiger charge is -2.49. The van der Waals surface area contributed by atoms with Crippen LogP contribution in [0.4, 0.5) is 8.78 Å². The van der Waals surface area contributed by atoms with Crippen LogP contribution < -0.4 is 4.72 Å². The van der Waals surface area contributed by atoms with Crippen LogP contribution in [-0.4, -0.2) is 39.8 Å². The maximum absolute atomic E-state index is 15.1. The van der Waals surface area contributed by atoms with Crippen molar-refractivity contribution in [1.82, 2.24) is 9.03 Å². The molecule has 0 spiro atoms. The van der Waals surface area contributed by atoms with Crippen molar-refractivity contribution in [2.24, 2.45) is 5.92 Å². The minimum atomic E-state index is -4.21. The van der Waals surface area contributed by atoms with E-state index < -0.39 is 48.4 Å². The second-order valence-corrected chi connectivity index (χ2v) is 13.3. The lowest BCUT2D eigenvalue weighted by atomic mass is 9.74. The second kappa shape index (κ2) is 8.57. The summed E-state index contributed by atoms with van der Waals surface area (Å²) in [6, 6.07) is 7.56. The van der Waals surface area contributed by atoms with Crippen LogP contribution in [0.25, 0.3) is 0 Å². The molecule has 3 atom stereocenters. The summed E-state index contributed by atoms with van der Waals surface area (Å²) in [5.74, 6) is -1.98. The molecular formula is C22H25ClF2N2O4S2. The normalized spacial score (nSPS) is 27.9. The molecule has 4 rings (SSSR count). The van der Waals surface area contributed by atoms with Crippen molar-refractivity contribution in [3.63, 3.8) is 0 Å². The van der Waals surface area contributed by atoms with E-state index in [9.17, 15) is 21.2 Å². The van der Waals surface area contributed by atoms with Crippen LogP contribution in [0.3, 0.4) is 0 Å². The van der Waals surface area contributed by atoms with Crippen LogP contribution in [0.5, 0.6) is 0 Å². The van der Waals surface area contributed by atoms with Gasteiger partial charge in [0.25, 0.3) is 10.2 Å². The zero-order valence-corrected chi connectivity index (χ0v) is 20.5. The van der Waals surface area contributed by atoms with E-state index in [0.29, 0.717) is 5.02 Å². The molecule has 0 amide bonds. The van der Waals surface area contributed by atoms with Crippen LogP contribution in [0.2, 0.25) is 5.02 Å². The number of benzene rings is 2. The molecule has 180 valence electrons. The maximum Gasteiger partial charge on any atom is 0.279 e. The Hall–Kier alpha value is -1.59. The van der Waals surface area contributed by atoms with Crippen LogP contribution in [0.1, 0.15) is 38.7 Å². The molecule has 33 heavy (non-hydrogen) atoms. The fraction of sp³-hybridized carbons (Fsp3) is 0.455. The average Bonchev–Trinajstić information content (AvgIpc) is 2.74. The molecule has 2 aromatic rings. The van der Waals surface area contributed by atoms with Crippen molar-refractivity contribution in [2.45, 2.75) is 54.8 Å². The highest BCUT2D eigenvalue weighted by Crippen LogP contribution is 2.50. The summed E-state index contributed by atoms with van der Waals surface area (Å²) >= 11 is 5.93. The first-order valence-electron chi connectivity index (χ1n) is 10.6. The number of nitrogens with one attached hydrogen (secondary N) is 1. The van der Waals surface area contributed by atoms with Gasteiger partial charge in [-0.1, -0.05) is 11.6 Å². The molecule has 1 saturated carbocycles. The van der Waals surface area contributed by atoms with Gasteiger partial charge in [0.2, 0.25) is 0 Å². The monoisotopic (exact) mass is 518 g/mol. The quantitative estimate of drug-likeness (QED) is 0.662. The van der Waals surface area contributed by atoms with E-state index in [1.54, 1.807) is 13.8 Å². The molecular weight excluding hydrogens is 494 g/mol. The van der Waals surface area contributed by atoms with E-state index in [-0.39, 0.29) is 42.3 Å². The zero-order chi connectivity index (χ0) is 24.2. The Kier molecular flexibility index (Phi) is 6.37. The summed E-state index contributed by atoms with van der Waals surface area (Å²) in [7, 11) is -7.93. The minimum Gasteiger partial charge on any atom is -0.223 e. The molecule has 0 unspecified atom stereocenters. The maximum atomic E-state index is 15.1. The SMILES string of the molecule is CC(C)N1C[C@@H]2C[C@](c3cc(F)ccc3F)(S(=O)(=O)c3ccc(Cl)cc3)CC[C@@H]2NS1(=O)=O. The Morgan fingerprint density at radius 1 is 1.15 bits per heavy atom. The van der Waals surface area contributed by atoms with Crippen LogP contribution >= 0.6 is 11.6 Å². The number of hydrogen-bond acceptors (Lipinski definition) is 4. The molecule has 2 fully saturated rings. The number of hydrogen-bond donors (Lipinski definition) is 1. The zero-order valence-electron chi connectivity index (χ0n) is 18.1. The molecule has 1 N–H and O–H groups in total. The second-order valence-electron chi connectivity index (χ2n) is 8.97. The van der Waals surface area contributed by atoms with E-state index in [1.165, 1.54) is 28.6 Å². The summed E-state index contributed by atoms with van der Waals surface area (Å²) < 4.78 is 84.8. The lowest BCUT2D eigenvalue weighted by molar-refractivity contribution is 0.162. The van der Waals surface area contributed by atoms with Crippen LogP contribution in [0.15, 0.2) is 47.4 Å². The van der Waals surface area contributed by atoms with Crippen molar-refractivity contribution >= 4 is 31.6 Å². The molecule has 2 aliphatic rings. The van der Waals surface area contributed by atoms with Gasteiger partial charge in [0, 0.05) is 29.2 Å². The molecule has 6 nitrogen and oxygen atoms in total. The minimum absolute atomic E-state index is 0.0499. The van der Waals surface area contributed by atoms with E-state index in [4.69, 9.17) is 11.6 Å². The smallest absolute Gasteiger partial charge is 0.223 e. The van der Waals surface area contributed by atoms with Crippen molar-refractivity contribution < 1.29 is 25.6 Å². The van der Waals surface area contributed by atoms with Gasteiger partial charge in [-0.3, -0.25) is 0 Å². The lowest BCUT2D eigenvalue weighted by Crippen LogP contribution is -2.62. The Bertz CT molecular complexity index is 1270. The highest BCUT2D eigenvalue weighted by Gasteiger charge is 2.55. The van der Waals surface area contributed by atoms with Crippen molar-refractivity contribution in [2.75, 3.05) is 6.54 Å². The van der Waals surface area contributed by atoms with Gasteiger partial charge in [0.05, 0.1) is 4.90 Å². The average molecular weight is 519 g/mol. The molecule has 1 aliphatic carbocycles. The van der Waals surface area contributed by atoms with Crippen LogP contribution in [0, 0.1) is 17.6 Å². The van der Waals surface area contributed by atoms with Gasteiger partial charge >= 0.3 is 0 Å². The van der Waals surface area contributed by atoms with Gasteiger partial charge in [-0.15, -0.1) is 0 Å². The predicted octanol–water partition coefficient (Wildman–Crippen LogP) is 4.01. The summed E-state index contributed by atoms with van der Waals surface area (Å²) in [6.45, 7) is 3.55. The Labute approximate surface area is 198 Å².